The van der Waals surface area contributed by atoms with Crippen molar-refractivity contribution in [2.24, 2.45) is 5.92 Å². The predicted molar refractivity (Wildman–Crippen MR) is 86.0 cm³/mol. The van der Waals surface area contributed by atoms with Crippen molar-refractivity contribution in [2.75, 3.05) is 13.1 Å². The van der Waals surface area contributed by atoms with Gasteiger partial charge >= 0.3 is 0 Å². The Morgan fingerprint density at radius 3 is 2.96 bits per heavy atom. The average Bonchev–Trinajstić information content (AvgIpc) is 3.29. The van der Waals surface area contributed by atoms with E-state index in [9.17, 15) is 5.11 Å². The molecule has 0 unspecified atom stereocenters. The molecule has 4 heterocycles. The minimum Gasteiger partial charge on any atom is -0.458 e. The molecule has 2 atom stereocenters. The van der Waals surface area contributed by atoms with E-state index in [2.05, 4.69) is 20.3 Å². The highest BCUT2D eigenvalue weighted by Crippen LogP contribution is 2.25. The maximum atomic E-state index is 10.3. The maximum absolute atomic E-state index is 10.3. The van der Waals surface area contributed by atoms with Crippen LogP contribution in [0.1, 0.15) is 17.2 Å². The molecule has 0 bridgehead atoms. The van der Waals surface area contributed by atoms with Crippen LogP contribution in [0.5, 0.6) is 0 Å². The van der Waals surface area contributed by atoms with Crippen LogP contribution in [0.15, 0.2) is 39.4 Å². The summed E-state index contributed by atoms with van der Waals surface area (Å²) in [5.74, 6) is 2.64. The van der Waals surface area contributed by atoms with Crippen molar-refractivity contribution in [1.82, 2.24) is 20.3 Å². The number of H-pyrrole nitrogens is 1. The Morgan fingerprint density at radius 2 is 2.21 bits per heavy atom. The molecule has 24 heavy (non-hydrogen) atoms. The average molecular weight is 328 g/mol. The summed E-state index contributed by atoms with van der Waals surface area (Å²) in [6.45, 7) is 4.02. The van der Waals surface area contributed by atoms with E-state index in [4.69, 9.17) is 8.94 Å². The Bertz CT molecular complexity index is 792. The quantitative estimate of drug-likeness (QED) is 0.744. The minimum absolute atomic E-state index is 0.152. The molecule has 1 aliphatic heterocycles. The largest absolute Gasteiger partial charge is 0.458 e. The van der Waals surface area contributed by atoms with Gasteiger partial charge in [-0.3, -0.25) is 10.00 Å². The van der Waals surface area contributed by atoms with E-state index in [1.165, 1.54) is 0 Å². The Balaban J connectivity index is 1.37. The first kappa shape index (κ1) is 15.2. The molecule has 4 rings (SSSR count). The van der Waals surface area contributed by atoms with Gasteiger partial charge in [-0.15, -0.1) is 0 Å². The second-order valence-electron chi connectivity index (χ2n) is 6.40. The fourth-order valence-corrected chi connectivity index (χ4v) is 3.26. The monoisotopic (exact) mass is 328 g/mol. The molecule has 1 fully saturated rings. The van der Waals surface area contributed by atoms with Crippen molar-refractivity contribution >= 4 is 0 Å². The maximum Gasteiger partial charge on any atom is 0.152 e. The van der Waals surface area contributed by atoms with Gasteiger partial charge in [0, 0.05) is 37.7 Å². The van der Waals surface area contributed by atoms with Gasteiger partial charge in [0.2, 0.25) is 0 Å². The van der Waals surface area contributed by atoms with Crippen molar-refractivity contribution in [3.63, 3.8) is 0 Å². The van der Waals surface area contributed by atoms with Gasteiger partial charge in [-0.2, -0.15) is 5.10 Å². The van der Waals surface area contributed by atoms with Gasteiger partial charge in [0.1, 0.15) is 17.2 Å². The van der Waals surface area contributed by atoms with Gasteiger partial charge in [0.15, 0.2) is 5.76 Å². The topological polar surface area (TPSA) is 91.3 Å². The van der Waals surface area contributed by atoms with Crippen molar-refractivity contribution in [3.8, 4) is 11.5 Å². The summed E-state index contributed by atoms with van der Waals surface area (Å²) in [6, 6.07) is 7.70. The SMILES string of the molecule is Cc1cc(C[C@@H]2CN(Cc3ccc(-c4ccn[nH]4)o3)C[C@@H]2O)on1. The molecule has 2 N–H and O–H groups in total. The van der Waals surface area contributed by atoms with Crippen LogP contribution >= 0.6 is 0 Å². The highest BCUT2D eigenvalue weighted by Gasteiger charge is 2.32. The third kappa shape index (κ3) is 3.13. The molecule has 0 spiro atoms. The fraction of sp³-hybridized carbons (Fsp3) is 0.412. The number of rotatable bonds is 5. The molecule has 7 nitrogen and oxygen atoms in total. The molecular weight excluding hydrogens is 308 g/mol. The van der Waals surface area contributed by atoms with Crippen molar-refractivity contribution in [1.29, 1.82) is 0 Å². The third-order valence-electron chi connectivity index (χ3n) is 4.43. The van der Waals surface area contributed by atoms with Crippen molar-refractivity contribution < 1.29 is 14.0 Å². The number of likely N-dealkylation sites (tertiary alicyclic amines) is 1. The second kappa shape index (κ2) is 6.26. The number of aromatic nitrogens is 3. The van der Waals surface area contributed by atoms with Gasteiger partial charge in [-0.1, -0.05) is 5.16 Å². The molecular formula is C17H20N4O3. The van der Waals surface area contributed by atoms with Crippen LogP contribution in [-0.2, 0) is 13.0 Å². The Kier molecular flexibility index (Phi) is 3.95. The summed E-state index contributed by atoms with van der Waals surface area (Å²) in [5, 5.41) is 21.0. The lowest BCUT2D eigenvalue weighted by Crippen LogP contribution is -2.21. The number of aryl methyl sites for hydroxylation is 1. The van der Waals surface area contributed by atoms with E-state index in [-0.39, 0.29) is 12.0 Å². The number of β-amino-alcohol motifs (C(OH)–C–C–N with tert-alkyl or cyclic N) is 1. The van der Waals surface area contributed by atoms with Crippen LogP contribution in [0.2, 0.25) is 0 Å². The first-order valence-electron chi connectivity index (χ1n) is 8.08. The van der Waals surface area contributed by atoms with E-state index in [0.29, 0.717) is 19.5 Å². The lowest BCUT2D eigenvalue weighted by Gasteiger charge is -2.13. The van der Waals surface area contributed by atoms with E-state index in [1.807, 2.05) is 31.2 Å². The second-order valence-corrected chi connectivity index (χ2v) is 6.40. The van der Waals surface area contributed by atoms with E-state index in [1.54, 1.807) is 6.20 Å². The van der Waals surface area contributed by atoms with E-state index in [0.717, 1.165) is 35.2 Å². The molecule has 0 radical (unpaired) electrons. The molecule has 126 valence electrons. The first-order chi connectivity index (χ1) is 11.7. The van der Waals surface area contributed by atoms with Gasteiger partial charge in [0.05, 0.1) is 18.3 Å². The smallest absolute Gasteiger partial charge is 0.152 e. The molecule has 3 aromatic rings. The standard InChI is InChI=1S/C17H20N4O3/c1-11-6-14(24-20-11)7-12-8-21(10-16(12)22)9-13-2-3-17(23-13)15-4-5-18-19-15/h2-6,12,16,22H,7-10H2,1H3,(H,18,19)/t12-,16+/m1/s1. The molecule has 0 amide bonds. The number of nitrogens with one attached hydrogen (secondary N) is 1. The summed E-state index contributed by atoms with van der Waals surface area (Å²) in [7, 11) is 0. The van der Waals surface area contributed by atoms with Crippen LogP contribution in [0.3, 0.4) is 0 Å². The number of furan rings is 1. The number of aliphatic hydroxyl groups excluding tert-OH is 1. The summed E-state index contributed by atoms with van der Waals surface area (Å²) in [6.07, 6.45) is 2.04. The summed E-state index contributed by atoms with van der Waals surface area (Å²) >= 11 is 0. The number of nitrogens with zero attached hydrogens (tertiary/aromatic N) is 3. The van der Waals surface area contributed by atoms with E-state index < -0.39 is 0 Å². The lowest BCUT2D eigenvalue weighted by molar-refractivity contribution is 0.136. The summed E-state index contributed by atoms with van der Waals surface area (Å²) < 4.78 is 11.1. The van der Waals surface area contributed by atoms with Gasteiger partial charge in [0.25, 0.3) is 0 Å². The van der Waals surface area contributed by atoms with Crippen LogP contribution in [0, 0.1) is 12.8 Å². The molecule has 0 aliphatic carbocycles. The third-order valence-corrected chi connectivity index (χ3v) is 4.43. The zero-order valence-electron chi connectivity index (χ0n) is 13.5. The zero-order chi connectivity index (χ0) is 16.5. The Morgan fingerprint density at radius 1 is 1.29 bits per heavy atom. The minimum atomic E-state index is -0.363. The number of hydrogen-bond donors (Lipinski definition) is 2. The summed E-state index contributed by atoms with van der Waals surface area (Å²) in [5.41, 5.74) is 1.73. The van der Waals surface area contributed by atoms with Crippen LogP contribution < -0.4 is 0 Å². The predicted octanol–water partition coefficient (Wildman–Crippen LogP) is 2.00. The van der Waals surface area contributed by atoms with E-state index >= 15 is 0 Å². The number of hydrogen-bond acceptors (Lipinski definition) is 6. The highest BCUT2D eigenvalue weighted by molar-refractivity contribution is 5.51. The molecule has 1 saturated heterocycles. The van der Waals surface area contributed by atoms with Crippen LogP contribution in [-0.4, -0.2) is 44.6 Å². The lowest BCUT2D eigenvalue weighted by atomic mass is 10.0. The van der Waals surface area contributed by atoms with Gasteiger partial charge < -0.3 is 14.0 Å². The number of aromatic amines is 1. The van der Waals surface area contributed by atoms with Gasteiger partial charge in [-0.05, 0) is 25.1 Å². The van der Waals surface area contributed by atoms with Crippen molar-refractivity contribution in [2.45, 2.75) is 26.0 Å². The molecule has 0 saturated carbocycles. The molecule has 1 aliphatic rings. The Labute approximate surface area is 139 Å². The Hall–Kier alpha value is -2.38. The molecule has 0 aromatic carbocycles. The van der Waals surface area contributed by atoms with Crippen molar-refractivity contribution in [3.05, 3.63) is 47.7 Å². The zero-order valence-corrected chi connectivity index (χ0v) is 13.5. The molecule has 7 heteroatoms. The highest BCUT2D eigenvalue weighted by atomic mass is 16.5. The number of aliphatic hydroxyl groups is 1. The summed E-state index contributed by atoms with van der Waals surface area (Å²) in [4.78, 5) is 2.20. The van der Waals surface area contributed by atoms with Crippen LogP contribution in [0.25, 0.3) is 11.5 Å². The first-order valence-corrected chi connectivity index (χ1v) is 8.08. The normalized spacial score (nSPS) is 21.6. The molecule has 3 aromatic heterocycles. The fourth-order valence-electron chi connectivity index (χ4n) is 3.26. The van der Waals surface area contributed by atoms with Crippen LogP contribution in [0.4, 0.5) is 0 Å². The van der Waals surface area contributed by atoms with Gasteiger partial charge in [-0.25, -0.2) is 0 Å².